The number of piperidine rings is 1. The van der Waals surface area contributed by atoms with E-state index in [2.05, 4.69) is 5.32 Å². The van der Waals surface area contributed by atoms with E-state index < -0.39 is 0 Å². The smallest absolute Gasteiger partial charge is 0.168 e. The van der Waals surface area contributed by atoms with Crippen molar-refractivity contribution >= 4 is 6.29 Å². The normalized spacial score (nSPS) is 21.2. The number of carbonyl (C=O) groups excluding carboxylic acids is 1. The number of rotatable bonds is 2. The summed E-state index contributed by atoms with van der Waals surface area (Å²) < 4.78 is 2.02. The summed E-state index contributed by atoms with van der Waals surface area (Å²) in [5, 5.41) is 8.06. The molecule has 0 saturated carbocycles. The van der Waals surface area contributed by atoms with Gasteiger partial charge in [-0.05, 0) is 51.6 Å². The van der Waals surface area contributed by atoms with Gasteiger partial charge in [0.2, 0.25) is 0 Å². The van der Waals surface area contributed by atoms with E-state index in [0.29, 0.717) is 6.04 Å². The molecule has 1 aromatic rings. The molecule has 1 aliphatic carbocycles. The average Bonchev–Trinajstić information content (AvgIpc) is 2.78. The van der Waals surface area contributed by atoms with E-state index >= 15 is 0 Å². The van der Waals surface area contributed by atoms with Gasteiger partial charge in [-0.3, -0.25) is 9.48 Å². The predicted molar refractivity (Wildman–Crippen MR) is 65.4 cm³/mol. The van der Waals surface area contributed by atoms with Crippen molar-refractivity contribution < 1.29 is 4.79 Å². The highest BCUT2D eigenvalue weighted by Crippen LogP contribution is 2.27. The molecule has 17 heavy (non-hydrogen) atoms. The molecule has 2 aliphatic rings. The summed E-state index contributed by atoms with van der Waals surface area (Å²) in [7, 11) is 0. The monoisotopic (exact) mass is 233 g/mol. The zero-order valence-corrected chi connectivity index (χ0v) is 10.1. The molecular formula is C13H19N3O. The van der Waals surface area contributed by atoms with E-state index in [1.54, 1.807) is 0 Å². The SMILES string of the molecule is O=Cc1c2c(nn1C1CCNCC1)CCCC2. The molecule has 4 nitrogen and oxygen atoms in total. The van der Waals surface area contributed by atoms with Crippen molar-refractivity contribution in [3.8, 4) is 0 Å². The van der Waals surface area contributed by atoms with Gasteiger partial charge in [0, 0.05) is 5.56 Å². The summed E-state index contributed by atoms with van der Waals surface area (Å²) >= 11 is 0. The van der Waals surface area contributed by atoms with E-state index in [1.807, 2.05) is 4.68 Å². The number of aromatic nitrogens is 2. The highest BCUT2D eigenvalue weighted by atomic mass is 16.1. The molecule has 92 valence electrons. The summed E-state index contributed by atoms with van der Waals surface area (Å²) in [5.41, 5.74) is 3.26. The molecule has 0 bridgehead atoms. The number of hydrogen-bond acceptors (Lipinski definition) is 3. The zero-order chi connectivity index (χ0) is 11.7. The van der Waals surface area contributed by atoms with Crippen LogP contribution >= 0.6 is 0 Å². The minimum absolute atomic E-state index is 0.419. The second kappa shape index (κ2) is 4.61. The molecule has 0 radical (unpaired) electrons. The van der Waals surface area contributed by atoms with E-state index in [0.717, 1.165) is 50.8 Å². The largest absolute Gasteiger partial charge is 0.317 e. The molecule has 1 N–H and O–H groups in total. The van der Waals surface area contributed by atoms with Crippen molar-refractivity contribution in [2.75, 3.05) is 13.1 Å². The van der Waals surface area contributed by atoms with Gasteiger partial charge in [-0.15, -0.1) is 0 Å². The van der Waals surface area contributed by atoms with Crippen LogP contribution in [0.4, 0.5) is 0 Å². The molecule has 4 heteroatoms. The number of nitrogens with zero attached hydrogens (tertiary/aromatic N) is 2. The maximum Gasteiger partial charge on any atom is 0.168 e. The third kappa shape index (κ3) is 1.90. The van der Waals surface area contributed by atoms with Crippen LogP contribution in [0.1, 0.15) is 53.5 Å². The second-order valence-electron chi connectivity index (χ2n) is 5.06. The van der Waals surface area contributed by atoms with Crippen molar-refractivity contribution in [2.24, 2.45) is 0 Å². The summed E-state index contributed by atoms with van der Waals surface area (Å²) in [6.45, 7) is 2.07. The number of aryl methyl sites for hydroxylation is 1. The molecule has 0 amide bonds. The number of aldehydes is 1. The lowest BCUT2D eigenvalue weighted by Gasteiger charge is -2.23. The van der Waals surface area contributed by atoms with Crippen LogP contribution in [0.25, 0.3) is 0 Å². The van der Waals surface area contributed by atoms with Gasteiger partial charge in [-0.2, -0.15) is 5.10 Å². The van der Waals surface area contributed by atoms with Crippen LogP contribution in [0.2, 0.25) is 0 Å². The molecule has 0 atom stereocenters. The fourth-order valence-electron chi connectivity index (χ4n) is 3.05. The third-order valence-corrected chi connectivity index (χ3v) is 3.99. The van der Waals surface area contributed by atoms with Crippen molar-refractivity contribution in [3.05, 3.63) is 17.0 Å². The van der Waals surface area contributed by atoms with Gasteiger partial charge in [0.1, 0.15) is 5.69 Å². The van der Waals surface area contributed by atoms with E-state index in [1.165, 1.54) is 24.1 Å². The Morgan fingerprint density at radius 1 is 1.24 bits per heavy atom. The molecule has 1 saturated heterocycles. The van der Waals surface area contributed by atoms with Crippen LogP contribution in [-0.2, 0) is 12.8 Å². The lowest BCUT2D eigenvalue weighted by atomic mass is 9.96. The Hall–Kier alpha value is -1.16. The van der Waals surface area contributed by atoms with Gasteiger partial charge in [0.05, 0.1) is 11.7 Å². The van der Waals surface area contributed by atoms with Crippen LogP contribution in [0.3, 0.4) is 0 Å². The van der Waals surface area contributed by atoms with Gasteiger partial charge < -0.3 is 5.32 Å². The third-order valence-electron chi connectivity index (χ3n) is 3.99. The quantitative estimate of drug-likeness (QED) is 0.787. The highest BCUT2D eigenvalue weighted by molar-refractivity contribution is 5.75. The Bertz CT molecular complexity index is 419. The Kier molecular flexibility index (Phi) is 2.97. The lowest BCUT2D eigenvalue weighted by Crippen LogP contribution is -2.30. The first-order valence-corrected chi connectivity index (χ1v) is 6.66. The van der Waals surface area contributed by atoms with Crippen molar-refractivity contribution in [1.82, 2.24) is 15.1 Å². The molecule has 3 rings (SSSR count). The van der Waals surface area contributed by atoms with Crippen LogP contribution in [-0.4, -0.2) is 29.2 Å². The number of nitrogens with one attached hydrogen (secondary N) is 1. The summed E-state index contributed by atoms with van der Waals surface area (Å²) in [5.74, 6) is 0. The average molecular weight is 233 g/mol. The maximum absolute atomic E-state index is 11.3. The first-order valence-electron chi connectivity index (χ1n) is 6.66. The Morgan fingerprint density at radius 2 is 2.00 bits per heavy atom. The van der Waals surface area contributed by atoms with Crippen LogP contribution in [0, 0.1) is 0 Å². The number of fused-ring (bicyclic) bond motifs is 1. The number of carbonyl (C=O) groups is 1. The van der Waals surface area contributed by atoms with E-state index in [-0.39, 0.29) is 0 Å². The summed E-state index contributed by atoms with van der Waals surface area (Å²) in [6, 6.07) is 0.419. The first-order chi connectivity index (χ1) is 8.40. The molecule has 0 spiro atoms. The highest BCUT2D eigenvalue weighted by Gasteiger charge is 2.25. The zero-order valence-electron chi connectivity index (χ0n) is 10.1. The van der Waals surface area contributed by atoms with Gasteiger partial charge in [0.15, 0.2) is 6.29 Å². The van der Waals surface area contributed by atoms with Gasteiger partial charge in [-0.25, -0.2) is 0 Å². The molecule has 2 heterocycles. The van der Waals surface area contributed by atoms with Crippen LogP contribution < -0.4 is 5.32 Å². The maximum atomic E-state index is 11.3. The topological polar surface area (TPSA) is 46.9 Å². The lowest BCUT2D eigenvalue weighted by molar-refractivity contribution is 0.110. The molecule has 1 aliphatic heterocycles. The van der Waals surface area contributed by atoms with Gasteiger partial charge >= 0.3 is 0 Å². The molecule has 1 aromatic heterocycles. The van der Waals surface area contributed by atoms with Crippen LogP contribution in [0.15, 0.2) is 0 Å². The van der Waals surface area contributed by atoms with Crippen LogP contribution in [0.5, 0.6) is 0 Å². The minimum Gasteiger partial charge on any atom is -0.317 e. The Balaban J connectivity index is 1.97. The fourth-order valence-corrected chi connectivity index (χ4v) is 3.05. The Morgan fingerprint density at radius 3 is 2.76 bits per heavy atom. The number of hydrogen-bond donors (Lipinski definition) is 1. The van der Waals surface area contributed by atoms with Gasteiger partial charge in [-0.1, -0.05) is 0 Å². The molecule has 0 aromatic carbocycles. The van der Waals surface area contributed by atoms with Crippen molar-refractivity contribution in [3.63, 3.8) is 0 Å². The molecule has 1 fully saturated rings. The second-order valence-corrected chi connectivity index (χ2v) is 5.06. The minimum atomic E-state index is 0.419. The predicted octanol–water partition coefficient (Wildman–Crippen LogP) is 1.50. The van der Waals surface area contributed by atoms with Crippen molar-refractivity contribution in [2.45, 2.75) is 44.6 Å². The van der Waals surface area contributed by atoms with Crippen molar-refractivity contribution in [1.29, 1.82) is 0 Å². The summed E-state index contributed by atoms with van der Waals surface area (Å²) in [4.78, 5) is 11.3. The molecular weight excluding hydrogens is 214 g/mol. The molecule has 0 unspecified atom stereocenters. The van der Waals surface area contributed by atoms with E-state index in [4.69, 9.17) is 5.10 Å². The first kappa shape index (κ1) is 11.0. The van der Waals surface area contributed by atoms with Gasteiger partial charge in [0.25, 0.3) is 0 Å². The fraction of sp³-hybridized carbons (Fsp3) is 0.692. The standard InChI is InChI=1S/C13H19N3O/c17-9-13-11-3-1-2-4-12(11)15-16(13)10-5-7-14-8-6-10/h9-10,14H,1-8H2. The summed E-state index contributed by atoms with van der Waals surface area (Å²) in [6.07, 6.45) is 7.69. The Labute approximate surface area is 101 Å². The van der Waals surface area contributed by atoms with E-state index in [9.17, 15) is 4.79 Å².